The van der Waals surface area contributed by atoms with Crippen LogP contribution in [0.4, 0.5) is 0 Å². The molecule has 0 radical (unpaired) electrons. The summed E-state index contributed by atoms with van der Waals surface area (Å²) in [5.41, 5.74) is 0.759. The van der Waals surface area contributed by atoms with Gasteiger partial charge in [0, 0.05) is 0 Å². The molecule has 0 aromatic rings. The van der Waals surface area contributed by atoms with Crippen LogP contribution in [-0.2, 0) is 4.79 Å². The van der Waals surface area contributed by atoms with Crippen molar-refractivity contribution in [1.82, 2.24) is 0 Å². The number of carboxylic acid groups (broad SMARTS) is 1. The van der Waals surface area contributed by atoms with Crippen LogP contribution in [0, 0.1) is 17.3 Å². The molecule has 1 aliphatic rings. The van der Waals surface area contributed by atoms with Crippen molar-refractivity contribution in [3.8, 4) is 0 Å². The lowest BCUT2D eigenvalue weighted by atomic mass is 9.62. The highest BCUT2D eigenvalue weighted by molar-refractivity contribution is 5.74. The van der Waals surface area contributed by atoms with Gasteiger partial charge >= 0.3 is 5.97 Å². The molecule has 0 heterocycles. The third kappa shape index (κ3) is 2.66. The molecule has 0 aliphatic heterocycles. The molecule has 0 saturated heterocycles. The Kier molecular flexibility index (Phi) is 4.17. The summed E-state index contributed by atoms with van der Waals surface area (Å²) in [6.45, 7) is 8.27. The van der Waals surface area contributed by atoms with Gasteiger partial charge in [-0.1, -0.05) is 31.4 Å². The predicted octanol–water partition coefficient (Wildman–Crippen LogP) is 3.87. The Labute approximate surface area is 98.7 Å². The fraction of sp³-hybridized carbons (Fsp3) is 0.786. The Balaban J connectivity index is 2.88. The highest BCUT2D eigenvalue weighted by Gasteiger charge is 2.45. The van der Waals surface area contributed by atoms with Crippen molar-refractivity contribution in [2.45, 2.75) is 53.4 Å². The summed E-state index contributed by atoms with van der Waals surface area (Å²) in [5.74, 6) is 0.185. The van der Waals surface area contributed by atoms with E-state index < -0.39 is 11.4 Å². The molecule has 1 fully saturated rings. The molecular weight excluding hydrogens is 200 g/mol. The first-order valence-corrected chi connectivity index (χ1v) is 6.24. The molecule has 0 spiro atoms. The molecule has 3 unspecified atom stereocenters. The van der Waals surface area contributed by atoms with Crippen LogP contribution < -0.4 is 0 Å². The van der Waals surface area contributed by atoms with E-state index >= 15 is 0 Å². The van der Waals surface area contributed by atoms with Gasteiger partial charge in [0.05, 0.1) is 5.41 Å². The number of allylic oxidation sites excluding steroid dienone is 2. The summed E-state index contributed by atoms with van der Waals surface area (Å²) in [6.07, 6.45) is 6.15. The Morgan fingerprint density at radius 3 is 2.62 bits per heavy atom. The zero-order chi connectivity index (χ0) is 12.3. The first-order chi connectivity index (χ1) is 7.38. The van der Waals surface area contributed by atoms with Crippen molar-refractivity contribution in [2.24, 2.45) is 17.3 Å². The van der Waals surface area contributed by atoms with Crippen molar-refractivity contribution in [3.63, 3.8) is 0 Å². The first kappa shape index (κ1) is 13.3. The van der Waals surface area contributed by atoms with E-state index in [1.807, 2.05) is 6.92 Å². The van der Waals surface area contributed by atoms with Gasteiger partial charge in [0.1, 0.15) is 0 Å². The van der Waals surface area contributed by atoms with E-state index in [0.717, 1.165) is 19.3 Å². The van der Waals surface area contributed by atoms with E-state index in [4.69, 9.17) is 0 Å². The molecule has 2 heteroatoms. The lowest BCUT2D eigenvalue weighted by Gasteiger charge is -2.42. The van der Waals surface area contributed by atoms with E-state index in [2.05, 4.69) is 26.8 Å². The Morgan fingerprint density at radius 2 is 2.12 bits per heavy atom. The maximum absolute atomic E-state index is 11.5. The Morgan fingerprint density at radius 1 is 1.50 bits per heavy atom. The summed E-state index contributed by atoms with van der Waals surface area (Å²) in [6, 6.07) is 0. The monoisotopic (exact) mass is 224 g/mol. The molecule has 0 aromatic heterocycles. The van der Waals surface area contributed by atoms with Crippen molar-refractivity contribution in [3.05, 3.63) is 11.6 Å². The predicted molar refractivity (Wildman–Crippen MR) is 66.3 cm³/mol. The lowest BCUT2D eigenvalue weighted by molar-refractivity contribution is -0.155. The van der Waals surface area contributed by atoms with Gasteiger partial charge in [-0.25, -0.2) is 0 Å². The summed E-state index contributed by atoms with van der Waals surface area (Å²) in [7, 11) is 0. The second-order valence-corrected chi connectivity index (χ2v) is 5.72. The average molecular weight is 224 g/mol. The molecule has 1 aliphatic carbocycles. The molecule has 1 N–H and O–H groups in total. The van der Waals surface area contributed by atoms with Crippen LogP contribution in [0.3, 0.4) is 0 Å². The molecule has 1 saturated carbocycles. The van der Waals surface area contributed by atoms with Crippen LogP contribution in [0.2, 0.25) is 0 Å². The van der Waals surface area contributed by atoms with Crippen molar-refractivity contribution in [2.75, 3.05) is 0 Å². The quantitative estimate of drug-likeness (QED) is 0.739. The fourth-order valence-corrected chi connectivity index (χ4v) is 2.93. The standard InChI is InChI=1S/C14H24O2/c1-10(2)7-8-12-11(3)6-5-9-14(12,4)13(15)16/h7,11-12H,5-6,8-9H2,1-4H3,(H,15,16). The van der Waals surface area contributed by atoms with Crippen LogP contribution >= 0.6 is 0 Å². The largest absolute Gasteiger partial charge is 0.481 e. The van der Waals surface area contributed by atoms with Crippen LogP contribution in [0.25, 0.3) is 0 Å². The van der Waals surface area contributed by atoms with Gasteiger partial charge in [0.2, 0.25) is 0 Å². The van der Waals surface area contributed by atoms with Gasteiger partial charge in [0.25, 0.3) is 0 Å². The van der Waals surface area contributed by atoms with Crippen LogP contribution in [0.1, 0.15) is 53.4 Å². The van der Waals surface area contributed by atoms with Crippen molar-refractivity contribution < 1.29 is 9.90 Å². The average Bonchev–Trinajstić information content (AvgIpc) is 2.16. The van der Waals surface area contributed by atoms with Crippen LogP contribution in [0.15, 0.2) is 11.6 Å². The second kappa shape index (κ2) is 5.03. The SMILES string of the molecule is CC(C)=CCC1C(C)CCCC1(C)C(=O)O. The number of hydrogen-bond acceptors (Lipinski definition) is 1. The van der Waals surface area contributed by atoms with Crippen molar-refractivity contribution in [1.29, 1.82) is 0 Å². The second-order valence-electron chi connectivity index (χ2n) is 5.72. The van der Waals surface area contributed by atoms with E-state index in [-0.39, 0.29) is 5.92 Å². The van der Waals surface area contributed by atoms with Gasteiger partial charge in [-0.05, 0) is 45.4 Å². The Hall–Kier alpha value is -0.790. The minimum Gasteiger partial charge on any atom is -0.481 e. The molecule has 0 amide bonds. The zero-order valence-electron chi connectivity index (χ0n) is 10.9. The minimum absolute atomic E-state index is 0.286. The summed E-state index contributed by atoms with van der Waals surface area (Å²) < 4.78 is 0. The first-order valence-electron chi connectivity index (χ1n) is 6.24. The highest BCUT2D eigenvalue weighted by Crippen LogP contribution is 2.46. The smallest absolute Gasteiger partial charge is 0.309 e. The maximum atomic E-state index is 11.5. The maximum Gasteiger partial charge on any atom is 0.309 e. The van der Waals surface area contributed by atoms with Crippen molar-refractivity contribution >= 4 is 5.97 Å². The number of aliphatic carboxylic acids is 1. The summed E-state index contributed by atoms with van der Waals surface area (Å²) in [4.78, 5) is 11.5. The lowest BCUT2D eigenvalue weighted by Crippen LogP contribution is -2.42. The molecule has 3 atom stereocenters. The van der Waals surface area contributed by atoms with Gasteiger partial charge < -0.3 is 5.11 Å². The minimum atomic E-state index is -0.619. The number of hydrogen-bond donors (Lipinski definition) is 1. The third-order valence-electron chi connectivity index (χ3n) is 4.13. The van der Waals surface area contributed by atoms with E-state index in [9.17, 15) is 9.90 Å². The normalized spacial score (nSPS) is 34.5. The van der Waals surface area contributed by atoms with Gasteiger partial charge in [0.15, 0.2) is 0 Å². The number of rotatable bonds is 3. The molecule has 1 rings (SSSR count). The molecular formula is C14H24O2. The van der Waals surface area contributed by atoms with Gasteiger partial charge in [-0.15, -0.1) is 0 Å². The van der Waals surface area contributed by atoms with Gasteiger partial charge in [-0.3, -0.25) is 4.79 Å². The van der Waals surface area contributed by atoms with Crippen LogP contribution in [-0.4, -0.2) is 11.1 Å². The number of carbonyl (C=O) groups is 1. The molecule has 92 valence electrons. The zero-order valence-corrected chi connectivity index (χ0v) is 10.9. The number of carboxylic acids is 1. The van der Waals surface area contributed by atoms with Gasteiger partial charge in [-0.2, -0.15) is 0 Å². The topological polar surface area (TPSA) is 37.3 Å². The van der Waals surface area contributed by atoms with E-state index in [1.165, 1.54) is 12.0 Å². The molecule has 0 aromatic carbocycles. The van der Waals surface area contributed by atoms with Crippen LogP contribution in [0.5, 0.6) is 0 Å². The molecule has 16 heavy (non-hydrogen) atoms. The summed E-state index contributed by atoms with van der Waals surface area (Å²) in [5, 5.41) is 9.43. The fourth-order valence-electron chi connectivity index (χ4n) is 2.93. The van der Waals surface area contributed by atoms with E-state index in [1.54, 1.807) is 0 Å². The van der Waals surface area contributed by atoms with E-state index in [0.29, 0.717) is 5.92 Å². The molecule has 2 nitrogen and oxygen atoms in total. The molecule has 0 bridgehead atoms. The highest BCUT2D eigenvalue weighted by atomic mass is 16.4. The Bertz CT molecular complexity index is 289. The third-order valence-corrected chi connectivity index (χ3v) is 4.13. The summed E-state index contributed by atoms with van der Waals surface area (Å²) >= 11 is 0.